The van der Waals surface area contributed by atoms with Crippen molar-refractivity contribution in [2.75, 3.05) is 10.8 Å². The molecule has 0 radical (unpaired) electrons. The highest BCUT2D eigenvalue weighted by Crippen LogP contribution is 2.24. The van der Waals surface area contributed by atoms with Crippen LogP contribution < -0.4 is 9.73 Å². The lowest BCUT2D eigenvalue weighted by atomic mass is 10.2. The highest BCUT2D eigenvalue weighted by Gasteiger charge is 2.27. The lowest BCUT2D eigenvalue weighted by Crippen LogP contribution is -2.39. The zero-order valence-electron chi connectivity index (χ0n) is 22.3. The van der Waals surface area contributed by atoms with Crippen LogP contribution >= 0.6 is 0 Å². The number of amides is 1. The van der Waals surface area contributed by atoms with Crippen molar-refractivity contribution in [2.24, 2.45) is 5.10 Å². The van der Waals surface area contributed by atoms with E-state index in [-0.39, 0.29) is 4.90 Å². The molecule has 1 N–H and O–H groups in total. The van der Waals surface area contributed by atoms with Gasteiger partial charge in [-0.25, -0.2) is 13.8 Å². The fourth-order valence-electron chi connectivity index (χ4n) is 4.29. The van der Waals surface area contributed by atoms with Gasteiger partial charge in [0, 0.05) is 22.6 Å². The molecule has 0 unspecified atom stereocenters. The molecule has 4 aromatic rings. The molecule has 1 amide bonds. The number of hydrogen-bond acceptors (Lipinski definition) is 4. The minimum Gasteiger partial charge on any atom is -0.318 e. The Kier molecular flexibility index (Phi) is 7.83. The average molecular weight is 529 g/mol. The number of nitrogens with one attached hydrogen (secondary N) is 1. The number of nitrogens with zero attached hydrogens (tertiary/aromatic N) is 3. The molecule has 0 atom stereocenters. The summed E-state index contributed by atoms with van der Waals surface area (Å²) in [4.78, 5) is 13.0. The van der Waals surface area contributed by atoms with Gasteiger partial charge in [0.2, 0.25) is 0 Å². The molecule has 4 rings (SSSR count). The average Bonchev–Trinajstić information content (AvgIpc) is 3.16. The molecular weight excluding hydrogens is 496 g/mol. The molecule has 0 aliphatic carbocycles. The third-order valence-electron chi connectivity index (χ3n) is 6.34. The Morgan fingerprint density at radius 1 is 0.868 bits per heavy atom. The molecule has 0 aliphatic heterocycles. The Hall–Kier alpha value is -4.17. The Morgan fingerprint density at radius 3 is 2.13 bits per heavy atom. The molecular formula is C30H32N4O3S. The van der Waals surface area contributed by atoms with E-state index in [1.807, 2.05) is 58.0 Å². The third-order valence-corrected chi connectivity index (χ3v) is 8.13. The van der Waals surface area contributed by atoms with Gasteiger partial charge in [0.25, 0.3) is 15.9 Å². The van der Waals surface area contributed by atoms with E-state index in [9.17, 15) is 13.2 Å². The first-order chi connectivity index (χ1) is 18.1. The van der Waals surface area contributed by atoms with Gasteiger partial charge in [-0.05, 0) is 82.6 Å². The number of aryl methyl sites for hydroxylation is 4. The van der Waals surface area contributed by atoms with Crippen LogP contribution in [0.5, 0.6) is 0 Å². The molecule has 1 heterocycles. The van der Waals surface area contributed by atoms with Crippen molar-refractivity contribution in [1.29, 1.82) is 0 Å². The van der Waals surface area contributed by atoms with Crippen LogP contribution in [0.15, 0.2) is 88.9 Å². The third kappa shape index (κ3) is 5.86. The van der Waals surface area contributed by atoms with Gasteiger partial charge in [-0.1, -0.05) is 47.5 Å². The molecule has 38 heavy (non-hydrogen) atoms. The molecule has 196 valence electrons. The zero-order chi connectivity index (χ0) is 27.4. The van der Waals surface area contributed by atoms with Crippen LogP contribution in [0.2, 0.25) is 0 Å². The Bertz CT molecular complexity index is 1590. The molecule has 0 aliphatic rings. The summed E-state index contributed by atoms with van der Waals surface area (Å²) < 4.78 is 30.2. The predicted molar refractivity (Wildman–Crippen MR) is 153 cm³/mol. The monoisotopic (exact) mass is 528 g/mol. The van der Waals surface area contributed by atoms with Crippen LogP contribution in [0.4, 0.5) is 5.69 Å². The molecule has 7 nitrogen and oxygen atoms in total. The maximum absolute atomic E-state index is 13.5. The van der Waals surface area contributed by atoms with Crippen molar-refractivity contribution in [3.05, 3.63) is 113 Å². The van der Waals surface area contributed by atoms with Crippen molar-refractivity contribution < 1.29 is 13.2 Å². The highest BCUT2D eigenvalue weighted by atomic mass is 32.2. The van der Waals surface area contributed by atoms with Crippen LogP contribution in [0.25, 0.3) is 5.69 Å². The SMILES string of the molecule is Cc1ccc(N(CC(=O)N/N=C\c2cc(C)n(-c3cccc(C)c3)c2C)S(=O)(=O)c2ccc(C)cc2)cc1. The van der Waals surface area contributed by atoms with Gasteiger partial charge < -0.3 is 4.57 Å². The van der Waals surface area contributed by atoms with E-state index in [4.69, 9.17) is 0 Å². The first-order valence-electron chi connectivity index (χ1n) is 12.3. The molecule has 0 fully saturated rings. The number of carbonyl (C=O) groups is 1. The summed E-state index contributed by atoms with van der Waals surface area (Å²) in [5, 5.41) is 4.14. The van der Waals surface area contributed by atoms with Crippen LogP contribution in [0, 0.1) is 34.6 Å². The van der Waals surface area contributed by atoms with E-state index in [0.29, 0.717) is 5.69 Å². The van der Waals surface area contributed by atoms with Crippen molar-refractivity contribution in [2.45, 2.75) is 39.5 Å². The molecule has 1 aromatic heterocycles. The summed E-state index contributed by atoms with van der Waals surface area (Å²) in [6.45, 7) is 9.44. The fourth-order valence-corrected chi connectivity index (χ4v) is 5.71. The highest BCUT2D eigenvalue weighted by molar-refractivity contribution is 7.92. The number of rotatable bonds is 8. The van der Waals surface area contributed by atoms with Crippen molar-refractivity contribution in [1.82, 2.24) is 9.99 Å². The lowest BCUT2D eigenvalue weighted by Gasteiger charge is -2.24. The first kappa shape index (κ1) is 26.9. The molecule has 0 spiro atoms. The maximum Gasteiger partial charge on any atom is 0.264 e. The maximum atomic E-state index is 13.5. The largest absolute Gasteiger partial charge is 0.318 e. The first-order valence-corrected chi connectivity index (χ1v) is 13.7. The van der Waals surface area contributed by atoms with E-state index in [2.05, 4.69) is 34.2 Å². The number of anilines is 1. The summed E-state index contributed by atoms with van der Waals surface area (Å²) in [6, 6.07) is 23.8. The Balaban J connectivity index is 1.55. The van der Waals surface area contributed by atoms with E-state index in [1.165, 1.54) is 0 Å². The number of hydrogen-bond donors (Lipinski definition) is 1. The topological polar surface area (TPSA) is 83.8 Å². The smallest absolute Gasteiger partial charge is 0.264 e. The van der Waals surface area contributed by atoms with Crippen LogP contribution in [-0.2, 0) is 14.8 Å². The van der Waals surface area contributed by atoms with Gasteiger partial charge in [0.05, 0.1) is 16.8 Å². The number of sulfonamides is 1. The van der Waals surface area contributed by atoms with Crippen LogP contribution in [0.3, 0.4) is 0 Å². The molecule has 0 bridgehead atoms. The van der Waals surface area contributed by atoms with Crippen LogP contribution in [-0.4, -0.2) is 31.7 Å². The van der Waals surface area contributed by atoms with Gasteiger partial charge in [0.1, 0.15) is 6.54 Å². The summed E-state index contributed by atoms with van der Waals surface area (Å²) in [5.41, 5.74) is 9.91. The minimum atomic E-state index is -3.98. The van der Waals surface area contributed by atoms with Crippen molar-refractivity contribution >= 4 is 27.8 Å². The normalized spacial score (nSPS) is 11.6. The van der Waals surface area contributed by atoms with Gasteiger partial charge in [-0.2, -0.15) is 5.10 Å². The predicted octanol–water partition coefficient (Wildman–Crippen LogP) is 5.37. The number of benzene rings is 3. The Labute approximate surface area is 224 Å². The minimum absolute atomic E-state index is 0.114. The van der Waals surface area contributed by atoms with E-state index in [1.54, 1.807) is 42.6 Å². The van der Waals surface area contributed by atoms with E-state index in [0.717, 1.165) is 43.6 Å². The second-order valence-corrected chi connectivity index (χ2v) is 11.3. The second kappa shape index (κ2) is 11.1. The second-order valence-electron chi connectivity index (χ2n) is 9.45. The van der Waals surface area contributed by atoms with E-state index >= 15 is 0 Å². The summed E-state index contributed by atoms with van der Waals surface area (Å²) in [6.07, 6.45) is 1.58. The van der Waals surface area contributed by atoms with E-state index < -0.39 is 22.5 Å². The number of aromatic nitrogens is 1. The quantitative estimate of drug-likeness (QED) is 0.247. The van der Waals surface area contributed by atoms with Crippen molar-refractivity contribution in [3.63, 3.8) is 0 Å². The fraction of sp³-hybridized carbons (Fsp3) is 0.200. The van der Waals surface area contributed by atoms with Gasteiger partial charge in [0.15, 0.2) is 0 Å². The molecule has 0 saturated carbocycles. The van der Waals surface area contributed by atoms with Crippen LogP contribution in [0.1, 0.15) is 33.6 Å². The zero-order valence-corrected chi connectivity index (χ0v) is 23.1. The molecule has 8 heteroatoms. The lowest BCUT2D eigenvalue weighted by molar-refractivity contribution is -0.119. The van der Waals surface area contributed by atoms with Gasteiger partial charge in [-0.15, -0.1) is 0 Å². The van der Waals surface area contributed by atoms with Gasteiger partial charge in [-0.3, -0.25) is 9.10 Å². The standard InChI is InChI=1S/C30H32N4O3S/c1-21-9-13-27(14-10-21)33(38(36,37)29-15-11-22(2)12-16-29)20-30(35)32-31-19-26-18-24(4)34(25(26)5)28-8-6-7-23(3)17-28/h6-19H,20H2,1-5H3,(H,32,35)/b31-19-. The van der Waals surface area contributed by atoms with Crippen molar-refractivity contribution in [3.8, 4) is 5.69 Å². The number of hydrazone groups is 1. The van der Waals surface area contributed by atoms with Gasteiger partial charge >= 0.3 is 0 Å². The molecule has 3 aromatic carbocycles. The molecule has 0 saturated heterocycles. The summed E-state index contributed by atoms with van der Waals surface area (Å²) in [7, 11) is -3.98. The Morgan fingerprint density at radius 2 is 1.50 bits per heavy atom. The summed E-state index contributed by atoms with van der Waals surface area (Å²) in [5.74, 6) is -0.551. The number of carbonyl (C=O) groups excluding carboxylic acids is 1. The summed E-state index contributed by atoms with van der Waals surface area (Å²) >= 11 is 0.